The van der Waals surface area contributed by atoms with Crippen LogP contribution in [0.15, 0.2) is 0 Å². The minimum atomic E-state index is -1.03. The molecule has 1 saturated carbocycles. The highest BCUT2D eigenvalue weighted by molar-refractivity contribution is 5.77. The number of carbonyl (C=O) groups excluding carboxylic acids is 2. The molecule has 1 N–H and O–H groups in total. The van der Waals surface area contributed by atoms with Gasteiger partial charge in [-0.1, -0.05) is 32.6 Å². The van der Waals surface area contributed by atoms with Crippen molar-refractivity contribution in [3.8, 4) is 0 Å². The Bertz CT molecular complexity index is 272. The summed E-state index contributed by atoms with van der Waals surface area (Å²) in [5.74, 6) is -1.52. The van der Waals surface area contributed by atoms with Crippen molar-refractivity contribution in [1.82, 2.24) is 5.32 Å². The van der Waals surface area contributed by atoms with E-state index in [9.17, 15) is 14.7 Å². The zero-order valence-corrected chi connectivity index (χ0v) is 11.2. The van der Waals surface area contributed by atoms with E-state index in [2.05, 4.69) is 5.32 Å². The second-order valence-electron chi connectivity index (χ2n) is 5.25. The number of carboxylic acids is 1. The fourth-order valence-corrected chi connectivity index (χ4v) is 2.58. The zero-order valence-electron chi connectivity index (χ0n) is 11.2. The Labute approximate surface area is 109 Å². The van der Waals surface area contributed by atoms with Crippen LogP contribution >= 0.6 is 0 Å². The van der Waals surface area contributed by atoms with Gasteiger partial charge in [0.05, 0.1) is 0 Å². The van der Waals surface area contributed by atoms with Gasteiger partial charge in [-0.3, -0.25) is 4.79 Å². The van der Waals surface area contributed by atoms with Gasteiger partial charge in [0, 0.05) is 18.4 Å². The van der Waals surface area contributed by atoms with E-state index < -0.39 is 11.9 Å². The molecular weight excluding hydrogens is 230 g/mol. The average Bonchev–Trinajstić information content (AvgIpc) is 2.35. The van der Waals surface area contributed by atoms with Crippen LogP contribution in [-0.4, -0.2) is 17.9 Å². The van der Waals surface area contributed by atoms with Crippen LogP contribution in [0, 0.1) is 5.92 Å². The van der Waals surface area contributed by atoms with Crippen molar-refractivity contribution in [1.29, 1.82) is 0 Å². The lowest BCUT2D eigenvalue weighted by atomic mass is 9.94. The van der Waals surface area contributed by atoms with Gasteiger partial charge >= 0.3 is 0 Å². The molecule has 0 aliphatic heterocycles. The first kappa shape index (κ1) is 15.0. The van der Waals surface area contributed by atoms with Crippen molar-refractivity contribution in [2.45, 2.75) is 70.8 Å². The molecule has 0 spiro atoms. The van der Waals surface area contributed by atoms with Crippen molar-refractivity contribution < 1.29 is 14.7 Å². The number of rotatable bonds is 7. The van der Waals surface area contributed by atoms with Crippen LogP contribution in [0.2, 0.25) is 0 Å². The van der Waals surface area contributed by atoms with Gasteiger partial charge in [-0.05, 0) is 31.6 Å². The molecule has 1 rings (SSSR count). The molecule has 4 heteroatoms. The molecule has 0 bridgehead atoms. The molecule has 1 fully saturated rings. The van der Waals surface area contributed by atoms with Gasteiger partial charge in [0.15, 0.2) is 0 Å². The average molecular weight is 254 g/mol. The summed E-state index contributed by atoms with van der Waals surface area (Å²) in [5, 5.41) is 13.9. The maximum Gasteiger partial charge on any atom is 0.220 e. The van der Waals surface area contributed by atoms with E-state index in [1.807, 2.05) is 6.92 Å². The smallest absolute Gasteiger partial charge is 0.220 e. The Balaban J connectivity index is 2.24. The Morgan fingerprint density at radius 3 is 2.44 bits per heavy atom. The van der Waals surface area contributed by atoms with Gasteiger partial charge in [0.2, 0.25) is 5.91 Å². The molecule has 1 aliphatic rings. The van der Waals surface area contributed by atoms with Crippen LogP contribution in [-0.2, 0) is 9.59 Å². The second-order valence-corrected chi connectivity index (χ2v) is 5.25. The summed E-state index contributed by atoms with van der Waals surface area (Å²) in [6.07, 6.45) is 7.85. The van der Waals surface area contributed by atoms with Crippen molar-refractivity contribution >= 4 is 11.9 Å². The molecule has 0 heterocycles. The zero-order chi connectivity index (χ0) is 13.4. The highest BCUT2D eigenvalue weighted by Crippen LogP contribution is 2.18. The number of aliphatic carboxylic acids is 1. The van der Waals surface area contributed by atoms with Gasteiger partial charge < -0.3 is 15.2 Å². The fourth-order valence-electron chi connectivity index (χ4n) is 2.58. The number of carbonyl (C=O) groups is 2. The van der Waals surface area contributed by atoms with Crippen LogP contribution in [0.4, 0.5) is 0 Å². The molecule has 0 aromatic carbocycles. The van der Waals surface area contributed by atoms with Crippen molar-refractivity contribution in [2.24, 2.45) is 5.92 Å². The highest BCUT2D eigenvalue weighted by atomic mass is 16.4. The number of hydrogen-bond acceptors (Lipinski definition) is 3. The molecule has 104 valence electrons. The van der Waals surface area contributed by atoms with Crippen LogP contribution in [0.1, 0.15) is 64.7 Å². The lowest BCUT2D eigenvalue weighted by Crippen LogP contribution is -2.37. The quantitative estimate of drug-likeness (QED) is 0.746. The van der Waals surface area contributed by atoms with Crippen LogP contribution in [0.5, 0.6) is 0 Å². The number of carboxylic acid groups (broad SMARTS) is 1. The summed E-state index contributed by atoms with van der Waals surface area (Å²) in [7, 11) is 0. The van der Waals surface area contributed by atoms with Crippen molar-refractivity contribution in [2.75, 3.05) is 0 Å². The minimum Gasteiger partial charge on any atom is -0.550 e. The molecule has 0 aromatic rings. The maximum absolute atomic E-state index is 11.7. The number of hydrogen-bond donors (Lipinski definition) is 1. The molecule has 0 aromatic heterocycles. The Morgan fingerprint density at radius 2 is 1.89 bits per heavy atom. The third kappa shape index (κ3) is 5.52. The molecule has 1 atom stereocenters. The Hall–Kier alpha value is -1.06. The molecular formula is C14H24NO3-. The summed E-state index contributed by atoms with van der Waals surface area (Å²) >= 11 is 0. The third-order valence-electron chi connectivity index (χ3n) is 3.66. The molecule has 0 saturated heterocycles. The lowest BCUT2D eigenvalue weighted by Gasteiger charge is -2.23. The van der Waals surface area contributed by atoms with Crippen molar-refractivity contribution in [3.05, 3.63) is 0 Å². The third-order valence-corrected chi connectivity index (χ3v) is 3.66. The first-order valence-corrected chi connectivity index (χ1v) is 7.13. The molecule has 18 heavy (non-hydrogen) atoms. The van der Waals surface area contributed by atoms with Gasteiger partial charge in [-0.15, -0.1) is 0 Å². The normalized spacial score (nSPS) is 18.3. The second kappa shape index (κ2) is 8.11. The van der Waals surface area contributed by atoms with Gasteiger partial charge in [-0.2, -0.15) is 0 Å². The lowest BCUT2D eigenvalue weighted by molar-refractivity contribution is -0.312. The minimum absolute atomic E-state index is 0.00995. The first-order valence-electron chi connectivity index (χ1n) is 7.13. The molecule has 0 unspecified atom stereocenters. The predicted octanol–water partition coefficient (Wildman–Crippen LogP) is 1.38. The van der Waals surface area contributed by atoms with E-state index in [1.165, 1.54) is 19.3 Å². The van der Waals surface area contributed by atoms with Gasteiger partial charge in [-0.25, -0.2) is 0 Å². The topological polar surface area (TPSA) is 69.2 Å². The van der Waals surface area contributed by atoms with Crippen LogP contribution < -0.4 is 10.4 Å². The molecule has 1 amide bonds. The van der Waals surface area contributed by atoms with E-state index in [-0.39, 0.29) is 5.91 Å². The van der Waals surface area contributed by atoms with E-state index in [0.29, 0.717) is 25.3 Å². The summed E-state index contributed by atoms with van der Waals surface area (Å²) in [6.45, 7) is 1.94. The fraction of sp³-hybridized carbons (Fsp3) is 0.857. The predicted molar refractivity (Wildman–Crippen MR) is 67.7 cm³/mol. The van der Waals surface area contributed by atoms with Gasteiger partial charge in [0.1, 0.15) is 0 Å². The Morgan fingerprint density at radius 1 is 1.22 bits per heavy atom. The summed E-state index contributed by atoms with van der Waals surface area (Å²) in [4.78, 5) is 22.6. The molecule has 4 nitrogen and oxygen atoms in total. The summed E-state index contributed by atoms with van der Waals surface area (Å²) < 4.78 is 0. The highest BCUT2D eigenvalue weighted by Gasteiger charge is 2.17. The SMILES string of the molecule is CCC[C@@H](CCC(=O)NC1CCCCC1)C(=O)[O-]. The van der Waals surface area contributed by atoms with E-state index in [1.54, 1.807) is 0 Å². The van der Waals surface area contributed by atoms with Crippen molar-refractivity contribution in [3.63, 3.8) is 0 Å². The standard InChI is InChI=1S/C14H25NO3/c1-2-6-11(14(17)18)9-10-13(16)15-12-7-4-3-5-8-12/h11-12H,2-10H2,1H3,(H,15,16)(H,17,18)/p-1/t11-/m0/s1. The van der Waals surface area contributed by atoms with Crippen LogP contribution in [0.25, 0.3) is 0 Å². The van der Waals surface area contributed by atoms with E-state index >= 15 is 0 Å². The molecule has 0 radical (unpaired) electrons. The Kier molecular flexibility index (Phi) is 6.76. The van der Waals surface area contributed by atoms with E-state index in [4.69, 9.17) is 0 Å². The monoisotopic (exact) mass is 254 g/mol. The number of nitrogens with one attached hydrogen (secondary N) is 1. The van der Waals surface area contributed by atoms with E-state index in [0.717, 1.165) is 19.3 Å². The molecule has 1 aliphatic carbocycles. The number of amides is 1. The maximum atomic E-state index is 11.7. The summed E-state index contributed by atoms with van der Waals surface area (Å²) in [5.41, 5.74) is 0. The summed E-state index contributed by atoms with van der Waals surface area (Å²) in [6, 6.07) is 0.304. The largest absolute Gasteiger partial charge is 0.550 e. The van der Waals surface area contributed by atoms with Crippen LogP contribution in [0.3, 0.4) is 0 Å². The van der Waals surface area contributed by atoms with Gasteiger partial charge in [0.25, 0.3) is 0 Å². The first-order chi connectivity index (χ1) is 8.63.